The lowest BCUT2D eigenvalue weighted by molar-refractivity contribution is -0.118. The van der Waals surface area contributed by atoms with Crippen molar-refractivity contribution in [2.75, 3.05) is 25.1 Å². The zero-order chi connectivity index (χ0) is 18.1. The van der Waals surface area contributed by atoms with Gasteiger partial charge in [0.25, 0.3) is 0 Å². The van der Waals surface area contributed by atoms with E-state index in [0.29, 0.717) is 13.1 Å². The summed E-state index contributed by atoms with van der Waals surface area (Å²) in [6, 6.07) is 16.8. The fourth-order valence-electron chi connectivity index (χ4n) is 2.38. The maximum Gasteiger partial charge on any atom is 0.321 e. The van der Waals surface area contributed by atoms with Gasteiger partial charge in [-0.1, -0.05) is 30.3 Å². The lowest BCUT2D eigenvalue weighted by atomic mass is 10.2. The Morgan fingerprint density at radius 2 is 1.72 bits per heavy atom. The van der Waals surface area contributed by atoms with Gasteiger partial charge in [-0.25, -0.2) is 4.79 Å². The van der Waals surface area contributed by atoms with Crippen molar-refractivity contribution in [1.82, 2.24) is 10.6 Å². The van der Waals surface area contributed by atoms with Crippen LogP contribution in [0, 0.1) is 0 Å². The monoisotopic (exact) mass is 341 g/mol. The zero-order valence-corrected chi connectivity index (χ0v) is 14.5. The summed E-state index contributed by atoms with van der Waals surface area (Å²) in [6.07, 6.45) is 0. The van der Waals surface area contributed by atoms with E-state index in [9.17, 15) is 9.59 Å². The Morgan fingerprint density at radius 3 is 2.32 bits per heavy atom. The molecule has 2 N–H and O–H groups in total. The van der Waals surface area contributed by atoms with Crippen LogP contribution in [0.2, 0.25) is 0 Å². The van der Waals surface area contributed by atoms with Crippen molar-refractivity contribution in [3.05, 3.63) is 60.2 Å². The highest BCUT2D eigenvalue weighted by Gasteiger charge is 2.14. The molecule has 0 saturated carbocycles. The van der Waals surface area contributed by atoms with E-state index in [0.717, 1.165) is 17.0 Å². The van der Waals surface area contributed by atoms with Crippen LogP contribution in [0.3, 0.4) is 0 Å². The number of ether oxygens (including phenoxy) is 1. The third kappa shape index (κ3) is 5.84. The van der Waals surface area contributed by atoms with Gasteiger partial charge in [0.15, 0.2) is 0 Å². The second kappa shape index (κ2) is 9.32. The number of amides is 3. The fraction of sp³-hybridized carbons (Fsp3) is 0.263. The lowest BCUT2D eigenvalue weighted by Gasteiger charge is -2.24. The third-order valence-electron chi connectivity index (χ3n) is 3.58. The first-order valence-corrected chi connectivity index (χ1v) is 8.13. The number of carbonyl (C=O) groups excluding carboxylic acids is 2. The van der Waals surface area contributed by atoms with Crippen molar-refractivity contribution in [3.63, 3.8) is 0 Å². The Kier molecular flexibility index (Phi) is 6.83. The molecule has 0 aromatic heterocycles. The van der Waals surface area contributed by atoms with Crippen molar-refractivity contribution in [2.45, 2.75) is 13.5 Å². The molecular formula is C19H23N3O3. The minimum absolute atomic E-state index is 0.0678. The Hall–Kier alpha value is -3.02. The van der Waals surface area contributed by atoms with Crippen LogP contribution in [0.25, 0.3) is 0 Å². The van der Waals surface area contributed by atoms with Crippen LogP contribution in [0.1, 0.15) is 12.5 Å². The van der Waals surface area contributed by atoms with Gasteiger partial charge in [0, 0.05) is 18.8 Å². The van der Waals surface area contributed by atoms with Crippen LogP contribution < -0.4 is 20.3 Å². The Balaban J connectivity index is 2.13. The summed E-state index contributed by atoms with van der Waals surface area (Å²) in [7, 11) is 1.61. The van der Waals surface area contributed by atoms with Gasteiger partial charge in [-0.2, -0.15) is 0 Å². The molecular weight excluding hydrogens is 318 g/mol. The van der Waals surface area contributed by atoms with Crippen molar-refractivity contribution < 1.29 is 14.3 Å². The topological polar surface area (TPSA) is 70.7 Å². The van der Waals surface area contributed by atoms with Crippen LogP contribution in [-0.4, -0.2) is 32.1 Å². The molecule has 2 aromatic rings. The average Bonchev–Trinajstić information content (AvgIpc) is 2.62. The van der Waals surface area contributed by atoms with Gasteiger partial charge in [-0.05, 0) is 36.8 Å². The third-order valence-corrected chi connectivity index (χ3v) is 3.58. The molecule has 2 aromatic carbocycles. The molecule has 0 aliphatic rings. The van der Waals surface area contributed by atoms with E-state index in [2.05, 4.69) is 10.6 Å². The van der Waals surface area contributed by atoms with E-state index >= 15 is 0 Å². The summed E-state index contributed by atoms with van der Waals surface area (Å²) in [5, 5.41) is 4.88. The van der Waals surface area contributed by atoms with Gasteiger partial charge >= 0.3 is 6.03 Å². The first kappa shape index (κ1) is 18.3. The minimum Gasteiger partial charge on any atom is -0.497 e. The Bertz CT molecular complexity index is 687. The molecule has 0 heterocycles. The van der Waals surface area contributed by atoms with E-state index in [4.69, 9.17) is 4.74 Å². The molecule has 0 unspecified atom stereocenters. The van der Waals surface area contributed by atoms with Crippen LogP contribution >= 0.6 is 0 Å². The number of methoxy groups -OCH3 is 1. The van der Waals surface area contributed by atoms with Gasteiger partial charge < -0.3 is 15.0 Å². The number of benzene rings is 2. The second-order valence-corrected chi connectivity index (χ2v) is 5.45. The summed E-state index contributed by atoms with van der Waals surface area (Å²) in [4.78, 5) is 25.6. The van der Waals surface area contributed by atoms with Gasteiger partial charge in [0.05, 0.1) is 13.7 Å². The number of urea groups is 1. The van der Waals surface area contributed by atoms with E-state index in [1.54, 1.807) is 14.0 Å². The van der Waals surface area contributed by atoms with Crippen LogP contribution in [0.5, 0.6) is 5.75 Å². The lowest BCUT2D eigenvalue weighted by Crippen LogP contribution is -2.44. The van der Waals surface area contributed by atoms with Crippen molar-refractivity contribution >= 4 is 17.6 Å². The predicted molar refractivity (Wildman–Crippen MR) is 97.7 cm³/mol. The maximum absolute atomic E-state index is 12.2. The largest absolute Gasteiger partial charge is 0.497 e. The number of hydrogen-bond donors (Lipinski definition) is 2. The number of anilines is 1. The molecule has 6 nitrogen and oxygen atoms in total. The van der Waals surface area contributed by atoms with Crippen LogP contribution in [0.15, 0.2) is 54.6 Å². The quantitative estimate of drug-likeness (QED) is 0.812. The highest BCUT2D eigenvalue weighted by molar-refractivity contribution is 5.96. The summed E-state index contributed by atoms with van der Waals surface area (Å²) in [5.74, 6) is 0.382. The SMILES string of the molecule is CCNC(=O)NC(=O)CN(Cc1ccccc1)c1ccc(OC)cc1. The summed E-state index contributed by atoms with van der Waals surface area (Å²) in [5.41, 5.74) is 1.94. The fourth-order valence-corrected chi connectivity index (χ4v) is 2.38. The van der Waals surface area contributed by atoms with Gasteiger partial charge in [-0.3, -0.25) is 10.1 Å². The van der Waals surface area contributed by atoms with Gasteiger partial charge in [-0.15, -0.1) is 0 Å². The first-order valence-electron chi connectivity index (χ1n) is 8.13. The standard InChI is InChI=1S/C19H23N3O3/c1-3-20-19(24)21-18(23)14-22(13-15-7-5-4-6-8-15)16-9-11-17(25-2)12-10-16/h4-12H,3,13-14H2,1-2H3,(H2,20,21,23,24). The van der Waals surface area contributed by atoms with E-state index in [1.807, 2.05) is 59.5 Å². The molecule has 0 aliphatic heterocycles. The molecule has 0 saturated heterocycles. The number of nitrogens with zero attached hydrogens (tertiary/aromatic N) is 1. The van der Waals surface area contributed by atoms with Crippen molar-refractivity contribution in [1.29, 1.82) is 0 Å². The number of carbonyl (C=O) groups is 2. The van der Waals surface area contributed by atoms with Crippen molar-refractivity contribution in [2.24, 2.45) is 0 Å². The molecule has 0 fully saturated rings. The molecule has 25 heavy (non-hydrogen) atoms. The first-order chi connectivity index (χ1) is 12.1. The maximum atomic E-state index is 12.2. The van der Waals surface area contributed by atoms with Crippen molar-refractivity contribution in [3.8, 4) is 5.75 Å². The average molecular weight is 341 g/mol. The summed E-state index contributed by atoms with van der Waals surface area (Å²) in [6.45, 7) is 2.88. The Morgan fingerprint density at radius 1 is 1.04 bits per heavy atom. The van der Waals surface area contributed by atoms with Gasteiger partial charge in [0.2, 0.25) is 5.91 Å². The van der Waals surface area contributed by atoms with E-state index in [-0.39, 0.29) is 12.5 Å². The number of rotatable bonds is 7. The van der Waals surface area contributed by atoms with Gasteiger partial charge in [0.1, 0.15) is 5.75 Å². The highest BCUT2D eigenvalue weighted by Crippen LogP contribution is 2.21. The van der Waals surface area contributed by atoms with E-state index < -0.39 is 6.03 Å². The molecule has 2 rings (SSSR count). The number of imide groups is 1. The molecule has 0 bridgehead atoms. The number of nitrogens with one attached hydrogen (secondary N) is 2. The molecule has 0 atom stereocenters. The smallest absolute Gasteiger partial charge is 0.321 e. The minimum atomic E-state index is -0.484. The molecule has 0 radical (unpaired) electrons. The predicted octanol–water partition coefficient (Wildman–Crippen LogP) is 2.55. The van der Waals surface area contributed by atoms with Crippen LogP contribution in [-0.2, 0) is 11.3 Å². The molecule has 0 spiro atoms. The highest BCUT2D eigenvalue weighted by atomic mass is 16.5. The summed E-state index contributed by atoms with van der Waals surface area (Å²) >= 11 is 0. The molecule has 3 amide bonds. The normalized spacial score (nSPS) is 10.0. The molecule has 0 aliphatic carbocycles. The summed E-state index contributed by atoms with van der Waals surface area (Å²) < 4.78 is 5.18. The van der Waals surface area contributed by atoms with E-state index in [1.165, 1.54) is 0 Å². The Labute approximate surface area is 147 Å². The molecule has 6 heteroatoms. The second-order valence-electron chi connectivity index (χ2n) is 5.45. The number of hydrogen-bond acceptors (Lipinski definition) is 4. The zero-order valence-electron chi connectivity index (χ0n) is 14.5. The van der Waals surface area contributed by atoms with Crippen LogP contribution in [0.4, 0.5) is 10.5 Å². The molecule has 132 valence electrons.